The summed E-state index contributed by atoms with van der Waals surface area (Å²) in [4.78, 5) is 91.3. The average Bonchev–Trinajstić information content (AvgIpc) is 3.36. The number of carbonyl (C=O) groups is 5. The van der Waals surface area contributed by atoms with Crippen LogP contribution in [0.15, 0.2) is 95.9 Å². The van der Waals surface area contributed by atoms with E-state index in [0.29, 0.717) is 61.2 Å². The zero-order valence-electron chi connectivity index (χ0n) is 40.2. The van der Waals surface area contributed by atoms with Crippen LogP contribution in [-0.2, 0) is 42.3 Å². The van der Waals surface area contributed by atoms with Crippen LogP contribution in [0.4, 0.5) is 11.6 Å². The van der Waals surface area contributed by atoms with Crippen molar-refractivity contribution in [1.82, 2.24) is 35.9 Å². The molecule has 7 rings (SSSR count). The molecule has 74 heavy (non-hydrogen) atoms. The van der Waals surface area contributed by atoms with Crippen molar-refractivity contribution in [2.24, 2.45) is 0 Å². The lowest BCUT2D eigenvalue weighted by molar-refractivity contribution is -0.645. The molecule has 1 unspecified atom stereocenters. The van der Waals surface area contributed by atoms with Gasteiger partial charge in [0.1, 0.15) is 11.8 Å². The number of aromatic amines is 1. The number of rotatable bonds is 24. The van der Waals surface area contributed by atoms with Crippen LogP contribution in [0.5, 0.6) is 5.75 Å². The predicted octanol–water partition coefficient (Wildman–Crippen LogP) is 2.77. The van der Waals surface area contributed by atoms with Crippen LogP contribution >= 0.6 is 0 Å². The van der Waals surface area contributed by atoms with Gasteiger partial charge in [-0.05, 0) is 73.5 Å². The smallest absolute Gasteiger partial charge is 0.345 e. The average molecular weight is 1030 g/mol. The van der Waals surface area contributed by atoms with Crippen molar-refractivity contribution in [3.63, 3.8) is 0 Å². The van der Waals surface area contributed by atoms with Crippen molar-refractivity contribution < 1.29 is 60.8 Å². The van der Waals surface area contributed by atoms with Crippen LogP contribution in [0.25, 0.3) is 33.0 Å². The monoisotopic (exact) mass is 1030 g/mol. The van der Waals surface area contributed by atoms with Gasteiger partial charge in [0.2, 0.25) is 22.9 Å². The van der Waals surface area contributed by atoms with Gasteiger partial charge in [0.25, 0.3) is 27.5 Å². The standard InChI is InChI=1S/C50H52N10O13S/c1-29-24-32(25-30(2)43(29)73-49(67)41-35-8-3-5-10-38(35)60(18-7-23-74(68,69)70)39-11-6-4-9-36(39)41)45(62)53-17-20-72-22-21-71-19-16-52-40(61)26-37(48(65)66)57-46(63)31-12-14-33(15-13-31)54-27-34-28-55-44-42(56-34)47(64)59-50(51)58-44/h3-6,8-15,24-25,28,37H,7,16-23,26-27H2,1-2H3,(H8-,51,52,53,54,55,57,58,59,61,62,63,64,65,66,68,69,70)/p+1. The first kappa shape index (κ1) is 53.4. The number of aliphatic carboxylic acids is 1. The molecule has 386 valence electrons. The molecular weight excluding hydrogens is 981 g/mol. The van der Waals surface area contributed by atoms with Crippen molar-refractivity contribution in [2.75, 3.05) is 56.3 Å². The predicted molar refractivity (Wildman–Crippen MR) is 270 cm³/mol. The molecule has 0 saturated heterocycles. The zero-order valence-corrected chi connectivity index (χ0v) is 41.0. The Labute approximate surface area is 422 Å². The molecule has 0 radical (unpaired) electrons. The highest BCUT2D eigenvalue weighted by atomic mass is 32.2. The molecule has 0 fully saturated rings. The largest absolute Gasteiger partial charge is 0.480 e. The number of H-pyrrole nitrogens is 1. The summed E-state index contributed by atoms with van der Waals surface area (Å²) in [5, 5.41) is 21.7. The number of benzene rings is 4. The molecule has 24 heteroatoms. The maximum absolute atomic E-state index is 14.0. The highest BCUT2D eigenvalue weighted by Crippen LogP contribution is 2.30. The van der Waals surface area contributed by atoms with E-state index in [-0.39, 0.29) is 87.6 Å². The molecule has 0 aliphatic heterocycles. The molecular formula is C50H53N10O13S+. The van der Waals surface area contributed by atoms with Crippen LogP contribution in [0.1, 0.15) is 60.7 Å². The van der Waals surface area contributed by atoms with E-state index in [1.165, 1.54) is 18.3 Å². The second-order valence-electron chi connectivity index (χ2n) is 16.8. The number of aromatic nitrogens is 5. The van der Waals surface area contributed by atoms with Gasteiger partial charge in [-0.15, -0.1) is 0 Å². The van der Waals surface area contributed by atoms with Gasteiger partial charge in [-0.2, -0.15) is 18.0 Å². The van der Waals surface area contributed by atoms with Crippen LogP contribution < -0.4 is 41.9 Å². The fourth-order valence-corrected chi connectivity index (χ4v) is 8.47. The molecule has 1 atom stereocenters. The van der Waals surface area contributed by atoms with Gasteiger partial charge in [0, 0.05) is 48.5 Å². The molecule has 23 nitrogen and oxygen atoms in total. The number of ether oxygens (including phenoxy) is 3. The normalized spacial score (nSPS) is 11.8. The number of hydrogen-bond acceptors (Lipinski definition) is 16. The number of hydrogen-bond donors (Lipinski definition) is 8. The van der Waals surface area contributed by atoms with E-state index in [0.717, 1.165) is 0 Å². The van der Waals surface area contributed by atoms with E-state index < -0.39 is 57.6 Å². The molecule has 3 aromatic heterocycles. The Morgan fingerprint density at radius 1 is 0.811 bits per heavy atom. The van der Waals surface area contributed by atoms with Gasteiger partial charge in [-0.25, -0.2) is 19.6 Å². The second kappa shape index (κ2) is 24.3. The number of pyridine rings is 1. The van der Waals surface area contributed by atoms with E-state index in [1.807, 2.05) is 28.8 Å². The first-order valence-electron chi connectivity index (χ1n) is 23.2. The van der Waals surface area contributed by atoms with Crippen molar-refractivity contribution >= 4 is 84.4 Å². The zero-order chi connectivity index (χ0) is 52.9. The van der Waals surface area contributed by atoms with E-state index >= 15 is 0 Å². The summed E-state index contributed by atoms with van der Waals surface area (Å²) in [6.07, 6.45) is 1.07. The fraction of sp³-hybridized carbons (Fsp3) is 0.280. The van der Waals surface area contributed by atoms with Crippen LogP contribution in [0, 0.1) is 13.8 Å². The number of fused-ring (bicyclic) bond motifs is 3. The van der Waals surface area contributed by atoms with Gasteiger partial charge in [0.15, 0.2) is 17.7 Å². The number of esters is 1. The van der Waals surface area contributed by atoms with E-state index in [2.05, 4.69) is 41.2 Å². The first-order valence-corrected chi connectivity index (χ1v) is 24.8. The summed E-state index contributed by atoms with van der Waals surface area (Å²) in [5.41, 5.74) is 9.48. The Kier molecular flexibility index (Phi) is 17.5. The van der Waals surface area contributed by atoms with Crippen molar-refractivity contribution in [3.05, 3.63) is 135 Å². The number of aryl methyl sites for hydroxylation is 3. The van der Waals surface area contributed by atoms with Crippen LogP contribution in [0.3, 0.4) is 0 Å². The quantitative estimate of drug-likeness (QED) is 0.0108. The topological polar surface area (TPSA) is 337 Å². The maximum Gasteiger partial charge on any atom is 0.345 e. The third-order valence-corrected chi connectivity index (χ3v) is 12.2. The summed E-state index contributed by atoms with van der Waals surface area (Å²) in [7, 11) is -4.16. The fourth-order valence-electron chi connectivity index (χ4n) is 7.98. The molecule has 9 N–H and O–H groups in total. The molecule has 7 aromatic rings. The van der Waals surface area contributed by atoms with E-state index in [4.69, 9.17) is 19.9 Å². The number of carboxylic acids is 1. The Morgan fingerprint density at radius 3 is 2.05 bits per heavy atom. The van der Waals surface area contributed by atoms with Gasteiger partial charge in [0.05, 0.1) is 73.4 Å². The molecule has 3 amide bonds. The molecule has 0 bridgehead atoms. The Morgan fingerprint density at radius 2 is 1.43 bits per heavy atom. The molecule has 0 aliphatic rings. The van der Waals surface area contributed by atoms with Crippen molar-refractivity contribution in [3.8, 4) is 5.75 Å². The molecule has 0 aliphatic carbocycles. The highest BCUT2D eigenvalue weighted by Gasteiger charge is 2.27. The number of anilines is 2. The number of nitrogens with one attached hydrogen (secondary N) is 5. The third kappa shape index (κ3) is 13.9. The van der Waals surface area contributed by atoms with Crippen molar-refractivity contribution in [2.45, 2.75) is 45.8 Å². The first-order chi connectivity index (χ1) is 35.4. The molecule has 0 saturated carbocycles. The lowest BCUT2D eigenvalue weighted by atomic mass is 10.0. The number of carbonyl (C=O) groups excluding carboxylic acids is 4. The summed E-state index contributed by atoms with van der Waals surface area (Å²) in [6.45, 7) is 4.79. The minimum atomic E-state index is -4.16. The molecule has 4 aromatic carbocycles. The maximum atomic E-state index is 14.0. The third-order valence-electron chi connectivity index (χ3n) is 11.4. The minimum absolute atomic E-state index is 0.0300. The minimum Gasteiger partial charge on any atom is -0.480 e. The van der Waals surface area contributed by atoms with Gasteiger partial charge in [-0.1, -0.05) is 24.3 Å². The number of nitrogens with zero attached hydrogens (tertiary/aromatic N) is 4. The number of para-hydroxylation sites is 2. The highest BCUT2D eigenvalue weighted by molar-refractivity contribution is 7.85. The number of amides is 3. The Balaban J connectivity index is 0.791. The second-order valence-corrected chi connectivity index (χ2v) is 18.4. The summed E-state index contributed by atoms with van der Waals surface area (Å²) in [5.74, 6) is -3.89. The summed E-state index contributed by atoms with van der Waals surface area (Å²) >= 11 is 0. The van der Waals surface area contributed by atoms with Crippen molar-refractivity contribution in [1.29, 1.82) is 0 Å². The lowest BCUT2D eigenvalue weighted by Crippen LogP contribution is -2.44. The Hall–Kier alpha value is -8.45. The van der Waals surface area contributed by atoms with Gasteiger partial charge < -0.3 is 46.3 Å². The van der Waals surface area contributed by atoms with Crippen LogP contribution in [0.2, 0.25) is 0 Å². The van der Waals surface area contributed by atoms with E-state index in [1.54, 1.807) is 62.4 Å². The van der Waals surface area contributed by atoms with E-state index in [9.17, 15) is 46.8 Å². The summed E-state index contributed by atoms with van der Waals surface area (Å²) < 4.78 is 51.2. The number of nitrogens with two attached hydrogens (primary N) is 1. The van der Waals surface area contributed by atoms with Gasteiger partial charge >= 0.3 is 11.9 Å². The molecule has 3 heterocycles. The number of nitrogen functional groups attached to an aromatic ring is 1. The SMILES string of the molecule is Cc1cc(C(=O)NCCOCCOCCNC(=O)CC(NC(=O)c2ccc(NCc3cnc4nc(N)[nH]c(=O)c4n3)cc2)C(=O)O)cc(C)c1OC(=O)c1c2ccccc2[n+](CCCS(=O)(=O)O)c2ccccc12. The number of carboxylic acid groups (broad SMARTS) is 1. The molecule has 0 spiro atoms. The Bertz CT molecular complexity index is 3350. The van der Waals surface area contributed by atoms with Crippen LogP contribution in [-0.4, -0.2) is 119 Å². The lowest BCUT2D eigenvalue weighted by Gasteiger charge is -2.15. The summed E-state index contributed by atoms with van der Waals surface area (Å²) in [6, 6.07) is 22.3. The van der Waals surface area contributed by atoms with Gasteiger partial charge in [-0.3, -0.25) is 28.7 Å².